The maximum absolute atomic E-state index is 12.9. The Labute approximate surface area is 152 Å². The molecule has 0 spiro atoms. The van der Waals surface area contributed by atoms with Crippen LogP contribution in [0.2, 0.25) is 0 Å². The van der Waals surface area contributed by atoms with E-state index in [0.717, 1.165) is 32.1 Å². The number of rotatable bonds is 6. The normalized spacial score (nSPS) is 18.8. The molecule has 0 bridgehead atoms. The molecule has 1 aliphatic heterocycles. The van der Waals surface area contributed by atoms with Crippen LogP contribution >= 0.6 is 0 Å². The molecule has 2 fully saturated rings. The zero-order valence-corrected chi connectivity index (χ0v) is 15.3. The van der Waals surface area contributed by atoms with Gasteiger partial charge in [0.05, 0.1) is 12.8 Å². The van der Waals surface area contributed by atoms with Gasteiger partial charge in [0.15, 0.2) is 5.76 Å². The highest BCUT2D eigenvalue weighted by Crippen LogP contribution is 2.31. The van der Waals surface area contributed by atoms with Crippen LogP contribution < -0.4 is 0 Å². The van der Waals surface area contributed by atoms with Crippen molar-refractivity contribution in [3.8, 4) is 0 Å². The van der Waals surface area contributed by atoms with Crippen LogP contribution in [0.25, 0.3) is 0 Å². The molecule has 140 valence electrons. The van der Waals surface area contributed by atoms with Crippen molar-refractivity contribution in [1.29, 1.82) is 0 Å². The van der Waals surface area contributed by atoms with Crippen LogP contribution in [-0.2, 0) is 16.6 Å². The Morgan fingerprint density at radius 1 is 1.15 bits per heavy atom. The molecule has 0 radical (unpaired) electrons. The fraction of sp³-hybridized carbons (Fsp3) is 0.500. The van der Waals surface area contributed by atoms with E-state index in [4.69, 9.17) is 8.83 Å². The first-order valence-corrected chi connectivity index (χ1v) is 10.4. The topological polar surface area (TPSA) is 84.0 Å². The summed E-state index contributed by atoms with van der Waals surface area (Å²) < 4.78 is 37.6. The molecule has 1 saturated carbocycles. The molecule has 0 unspecified atom stereocenters. The summed E-state index contributed by atoms with van der Waals surface area (Å²) in [5.41, 5.74) is 0. The summed E-state index contributed by atoms with van der Waals surface area (Å²) in [5.74, 6) is 0.445. The molecular weight excluding hydrogens is 356 g/mol. The first kappa shape index (κ1) is 17.4. The lowest BCUT2D eigenvalue weighted by Gasteiger charge is -2.24. The summed E-state index contributed by atoms with van der Waals surface area (Å²) in [6, 6.07) is 6.59. The number of furan rings is 2. The molecule has 2 aromatic heterocycles. The number of carbonyl (C=O) groups excluding carboxylic acids is 1. The molecule has 8 heteroatoms. The summed E-state index contributed by atoms with van der Waals surface area (Å²) in [6.45, 7) is 1.35. The predicted molar refractivity (Wildman–Crippen MR) is 92.9 cm³/mol. The number of amides is 1. The van der Waals surface area contributed by atoms with Crippen LogP contribution in [0, 0.1) is 0 Å². The molecule has 0 aromatic carbocycles. The largest absolute Gasteiger partial charge is 0.467 e. The average Bonchev–Trinajstić information content (AvgIpc) is 3.14. The van der Waals surface area contributed by atoms with E-state index >= 15 is 0 Å². The quantitative estimate of drug-likeness (QED) is 0.772. The average molecular weight is 378 g/mol. The van der Waals surface area contributed by atoms with E-state index in [9.17, 15) is 13.2 Å². The van der Waals surface area contributed by atoms with Crippen LogP contribution in [0.15, 0.2) is 44.5 Å². The van der Waals surface area contributed by atoms with Crippen molar-refractivity contribution in [2.45, 2.75) is 49.8 Å². The second kappa shape index (κ2) is 6.92. The van der Waals surface area contributed by atoms with Crippen molar-refractivity contribution in [2.24, 2.45) is 0 Å². The summed E-state index contributed by atoms with van der Waals surface area (Å²) >= 11 is 0. The zero-order valence-electron chi connectivity index (χ0n) is 14.5. The van der Waals surface area contributed by atoms with Gasteiger partial charge in [0.2, 0.25) is 5.09 Å². The second-order valence-electron chi connectivity index (χ2n) is 6.83. The third kappa shape index (κ3) is 3.43. The molecule has 3 heterocycles. The van der Waals surface area contributed by atoms with Crippen molar-refractivity contribution in [3.63, 3.8) is 0 Å². The monoisotopic (exact) mass is 378 g/mol. The molecule has 4 rings (SSSR count). The van der Waals surface area contributed by atoms with Gasteiger partial charge in [0.25, 0.3) is 15.9 Å². The molecule has 2 aliphatic rings. The van der Waals surface area contributed by atoms with Crippen LogP contribution in [0.3, 0.4) is 0 Å². The molecule has 7 nitrogen and oxygen atoms in total. The SMILES string of the molecule is O=C(c1ccc(S(=O)(=O)N2CCCCC2)o1)N(Cc1ccco1)C1CC1. The molecule has 1 aliphatic carbocycles. The molecule has 0 atom stereocenters. The Morgan fingerprint density at radius 2 is 1.92 bits per heavy atom. The van der Waals surface area contributed by atoms with Gasteiger partial charge in [-0.3, -0.25) is 4.79 Å². The molecular formula is C18H22N2O5S. The van der Waals surface area contributed by atoms with Gasteiger partial charge in [0.1, 0.15) is 5.76 Å². The number of hydrogen-bond acceptors (Lipinski definition) is 5. The van der Waals surface area contributed by atoms with E-state index in [2.05, 4.69) is 0 Å². The molecule has 0 N–H and O–H groups in total. The first-order chi connectivity index (χ1) is 12.6. The fourth-order valence-corrected chi connectivity index (χ4v) is 4.70. The lowest BCUT2D eigenvalue weighted by Crippen LogP contribution is -2.35. The van der Waals surface area contributed by atoms with E-state index in [-0.39, 0.29) is 22.8 Å². The van der Waals surface area contributed by atoms with E-state index in [1.807, 2.05) is 6.07 Å². The Hall–Kier alpha value is -2.06. The Bertz CT molecular complexity index is 861. The smallest absolute Gasteiger partial charge is 0.290 e. The number of piperidine rings is 1. The standard InChI is InChI=1S/C18H22N2O5S/c21-18(20(14-6-7-14)13-15-5-4-12-24-15)16-8-9-17(25-16)26(22,23)19-10-2-1-3-11-19/h4-5,8-9,12,14H,1-3,6-7,10-11,13H2. The highest BCUT2D eigenvalue weighted by Gasteiger charge is 2.36. The summed E-state index contributed by atoms with van der Waals surface area (Å²) in [7, 11) is -3.68. The highest BCUT2D eigenvalue weighted by molar-refractivity contribution is 7.89. The van der Waals surface area contributed by atoms with Gasteiger partial charge in [-0.2, -0.15) is 4.31 Å². The Balaban J connectivity index is 1.53. The summed E-state index contributed by atoms with van der Waals surface area (Å²) in [6.07, 6.45) is 6.19. The molecule has 1 amide bonds. The van der Waals surface area contributed by atoms with Gasteiger partial charge in [-0.1, -0.05) is 6.42 Å². The number of hydrogen-bond donors (Lipinski definition) is 0. The zero-order chi connectivity index (χ0) is 18.1. The fourth-order valence-electron chi connectivity index (χ4n) is 3.27. The lowest BCUT2D eigenvalue weighted by molar-refractivity contribution is 0.0679. The minimum absolute atomic E-state index is 0.0547. The van der Waals surface area contributed by atoms with Gasteiger partial charge < -0.3 is 13.7 Å². The van der Waals surface area contributed by atoms with Crippen molar-refractivity contribution in [3.05, 3.63) is 42.0 Å². The van der Waals surface area contributed by atoms with Gasteiger partial charge in [0, 0.05) is 19.1 Å². The number of carbonyl (C=O) groups is 1. The van der Waals surface area contributed by atoms with Crippen LogP contribution in [0.1, 0.15) is 48.4 Å². The molecule has 1 saturated heterocycles. The molecule has 2 aromatic rings. The molecule has 26 heavy (non-hydrogen) atoms. The minimum Gasteiger partial charge on any atom is -0.467 e. The second-order valence-corrected chi connectivity index (χ2v) is 8.70. The summed E-state index contributed by atoms with van der Waals surface area (Å²) in [5, 5.41) is -0.156. The number of sulfonamides is 1. The van der Waals surface area contributed by atoms with Crippen molar-refractivity contribution < 1.29 is 22.0 Å². The maximum Gasteiger partial charge on any atom is 0.290 e. The van der Waals surface area contributed by atoms with E-state index in [0.29, 0.717) is 25.4 Å². The summed E-state index contributed by atoms with van der Waals surface area (Å²) in [4.78, 5) is 14.5. The van der Waals surface area contributed by atoms with E-state index in [1.54, 1.807) is 17.2 Å². The Kier molecular flexibility index (Phi) is 4.62. The van der Waals surface area contributed by atoms with Crippen molar-refractivity contribution in [2.75, 3.05) is 13.1 Å². The van der Waals surface area contributed by atoms with E-state index < -0.39 is 10.0 Å². The van der Waals surface area contributed by atoms with Gasteiger partial charge in [-0.05, 0) is 49.9 Å². The van der Waals surface area contributed by atoms with E-state index in [1.165, 1.54) is 16.4 Å². The van der Waals surface area contributed by atoms with Crippen LogP contribution in [0.4, 0.5) is 0 Å². The van der Waals surface area contributed by atoms with Crippen LogP contribution in [-0.4, -0.2) is 42.7 Å². The first-order valence-electron chi connectivity index (χ1n) is 8.99. The maximum atomic E-state index is 12.9. The van der Waals surface area contributed by atoms with Gasteiger partial charge in [-0.25, -0.2) is 8.42 Å². The van der Waals surface area contributed by atoms with Crippen LogP contribution in [0.5, 0.6) is 0 Å². The van der Waals surface area contributed by atoms with Crippen molar-refractivity contribution in [1.82, 2.24) is 9.21 Å². The Morgan fingerprint density at radius 3 is 2.58 bits per heavy atom. The van der Waals surface area contributed by atoms with Crippen molar-refractivity contribution >= 4 is 15.9 Å². The third-order valence-electron chi connectivity index (χ3n) is 4.86. The van der Waals surface area contributed by atoms with Gasteiger partial charge in [-0.15, -0.1) is 0 Å². The predicted octanol–water partition coefficient (Wildman–Crippen LogP) is 2.85. The number of nitrogens with zero attached hydrogens (tertiary/aromatic N) is 2. The highest BCUT2D eigenvalue weighted by atomic mass is 32.2. The third-order valence-corrected chi connectivity index (χ3v) is 6.63. The minimum atomic E-state index is -3.68. The van der Waals surface area contributed by atoms with Gasteiger partial charge >= 0.3 is 0 Å². The lowest BCUT2D eigenvalue weighted by atomic mass is 10.2.